The van der Waals surface area contributed by atoms with Crippen LogP contribution in [-0.4, -0.2) is 11.4 Å². The van der Waals surface area contributed by atoms with E-state index in [1.807, 2.05) is 26.0 Å². The van der Waals surface area contributed by atoms with Crippen molar-refractivity contribution < 1.29 is 9.90 Å². The molecule has 1 N–H and O–H groups in total. The van der Waals surface area contributed by atoms with Crippen molar-refractivity contribution in [3.63, 3.8) is 0 Å². The quantitative estimate of drug-likeness (QED) is 0.783. The molecule has 0 saturated carbocycles. The molecule has 0 atom stereocenters. The van der Waals surface area contributed by atoms with Gasteiger partial charge >= 0.3 is 0 Å². The van der Waals surface area contributed by atoms with E-state index in [-0.39, 0.29) is 10.8 Å². The second-order valence-corrected chi connectivity index (χ2v) is 7.24. The van der Waals surface area contributed by atoms with Crippen LogP contribution >= 0.6 is 0 Å². The van der Waals surface area contributed by atoms with Crippen LogP contribution in [0.5, 0.6) is 5.75 Å². The number of hydrogen-bond donors (Lipinski definition) is 1. The van der Waals surface area contributed by atoms with Crippen LogP contribution in [0.3, 0.4) is 0 Å². The van der Waals surface area contributed by atoms with Gasteiger partial charge in [0.25, 0.3) is 0 Å². The van der Waals surface area contributed by atoms with E-state index in [0.717, 1.165) is 29.4 Å². The molecule has 0 aliphatic rings. The highest BCUT2D eigenvalue weighted by atomic mass is 16.3. The molecule has 21 heavy (non-hydrogen) atoms. The third-order valence-corrected chi connectivity index (χ3v) is 3.34. The van der Waals surface area contributed by atoms with E-state index >= 15 is 0 Å². The molecule has 0 unspecified atom stereocenters. The Hall–Kier alpha value is -1.31. The van der Waals surface area contributed by atoms with Gasteiger partial charge in [-0.25, -0.2) is 0 Å². The summed E-state index contributed by atoms with van der Waals surface area (Å²) in [6.45, 7) is 16.6. The lowest BCUT2D eigenvalue weighted by atomic mass is 9.78. The predicted octanol–water partition coefficient (Wildman–Crippen LogP) is 5.14. The fraction of sp³-hybridized carbons (Fsp3) is 0.632. The fourth-order valence-electron chi connectivity index (χ4n) is 2.21. The van der Waals surface area contributed by atoms with Gasteiger partial charge in [-0.1, -0.05) is 67.5 Å². The largest absolute Gasteiger partial charge is 0.507 e. The second-order valence-electron chi connectivity index (χ2n) is 7.24. The Morgan fingerprint density at radius 3 is 1.62 bits per heavy atom. The molecule has 0 heterocycles. The highest BCUT2D eigenvalue weighted by Crippen LogP contribution is 2.39. The Kier molecular flexibility index (Phi) is 7.15. The van der Waals surface area contributed by atoms with Crippen LogP contribution in [0, 0.1) is 0 Å². The van der Waals surface area contributed by atoms with Crippen molar-refractivity contribution in [2.75, 3.05) is 0 Å². The summed E-state index contributed by atoms with van der Waals surface area (Å²) in [5.74, 6) is 0.398. The molecule has 120 valence electrons. The first kappa shape index (κ1) is 19.7. The van der Waals surface area contributed by atoms with Crippen molar-refractivity contribution >= 4 is 6.29 Å². The number of carbonyl (C=O) groups is 1. The number of rotatable bonds is 3. The van der Waals surface area contributed by atoms with Crippen LogP contribution in [0.15, 0.2) is 12.1 Å². The summed E-state index contributed by atoms with van der Waals surface area (Å²) in [5.41, 5.74) is 2.82. The first-order chi connectivity index (χ1) is 9.57. The summed E-state index contributed by atoms with van der Waals surface area (Å²) in [7, 11) is 0. The molecule has 1 rings (SSSR count). The van der Waals surface area contributed by atoms with Crippen LogP contribution in [0.25, 0.3) is 0 Å². The molecule has 0 saturated heterocycles. The number of aromatic hydroxyl groups is 1. The van der Waals surface area contributed by atoms with E-state index < -0.39 is 0 Å². The summed E-state index contributed by atoms with van der Waals surface area (Å²) >= 11 is 0. The first-order valence-corrected chi connectivity index (χ1v) is 7.88. The molecule has 0 amide bonds. The molecule has 1 aromatic carbocycles. The number of aldehydes is 1. The summed E-state index contributed by atoms with van der Waals surface area (Å²) in [5, 5.41) is 10.5. The average molecular weight is 292 g/mol. The molecular weight excluding hydrogens is 260 g/mol. The lowest BCUT2D eigenvalue weighted by molar-refractivity contribution is -0.107. The molecule has 0 aliphatic heterocycles. The van der Waals surface area contributed by atoms with Gasteiger partial charge in [0, 0.05) is 6.42 Å². The van der Waals surface area contributed by atoms with Crippen LogP contribution in [-0.2, 0) is 22.0 Å². The van der Waals surface area contributed by atoms with Gasteiger partial charge in [0.05, 0.1) is 0 Å². The average Bonchev–Trinajstić information content (AvgIpc) is 2.37. The molecule has 0 radical (unpaired) electrons. The first-order valence-electron chi connectivity index (χ1n) is 7.88. The van der Waals surface area contributed by atoms with E-state index in [2.05, 4.69) is 41.5 Å². The van der Waals surface area contributed by atoms with E-state index in [0.29, 0.717) is 12.2 Å². The number of phenols is 1. The number of carbonyl (C=O) groups excluding carboxylic acids is 1. The molecule has 0 spiro atoms. The van der Waals surface area contributed by atoms with Gasteiger partial charge in [-0.15, -0.1) is 0 Å². The minimum Gasteiger partial charge on any atom is -0.507 e. The van der Waals surface area contributed by atoms with Crippen molar-refractivity contribution in [2.45, 2.75) is 79.1 Å². The van der Waals surface area contributed by atoms with Gasteiger partial charge in [-0.05, 0) is 33.9 Å². The number of aryl methyl sites for hydroxylation is 1. The van der Waals surface area contributed by atoms with E-state index in [9.17, 15) is 9.90 Å². The zero-order valence-corrected chi connectivity index (χ0v) is 15.0. The van der Waals surface area contributed by atoms with E-state index in [1.54, 1.807) is 0 Å². The van der Waals surface area contributed by atoms with Crippen molar-refractivity contribution in [2.24, 2.45) is 0 Å². The third-order valence-electron chi connectivity index (χ3n) is 3.34. The van der Waals surface area contributed by atoms with Crippen LogP contribution in [0.1, 0.15) is 78.5 Å². The van der Waals surface area contributed by atoms with Crippen LogP contribution < -0.4 is 0 Å². The van der Waals surface area contributed by atoms with Crippen molar-refractivity contribution in [1.29, 1.82) is 0 Å². The minimum atomic E-state index is -0.110. The van der Waals surface area contributed by atoms with Crippen LogP contribution in [0.4, 0.5) is 0 Å². The third kappa shape index (κ3) is 5.53. The summed E-state index contributed by atoms with van der Waals surface area (Å²) < 4.78 is 0. The maximum Gasteiger partial charge on any atom is 0.123 e. The monoisotopic (exact) mass is 292 g/mol. The zero-order valence-electron chi connectivity index (χ0n) is 15.0. The molecular formula is C19H32O2. The molecule has 1 aromatic rings. The lowest BCUT2D eigenvalue weighted by Gasteiger charge is -2.28. The highest BCUT2D eigenvalue weighted by molar-refractivity contribution is 5.53. The lowest BCUT2D eigenvalue weighted by Crippen LogP contribution is -2.18. The standard InChI is InChI=1S/C17H26O2.C2H6/c1-16(2,3)13-10-12(8-7-9-18)11-14(15(13)19)17(4,5)6;1-2/h9-11,19H,7-8H2,1-6H3;1-2H3. The second kappa shape index (κ2) is 7.63. The van der Waals surface area contributed by atoms with Gasteiger partial charge < -0.3 is 9.90 Å². The summed E-state index contributed by atoms with van der Waals surface area (Å²) in [4.78, 5) is 10.6. The van der Waals surface area contributed by atoms with Gasteiger partial charge in [0.15, 0.2) is 0 Å². The molecule has 0 aromatic heterocycles. The molecule has 2 nitrogen and oxygen atoms in total. The fourth-order valence-corrected chi connectivity index (χ4v) is 2.21. The van der Waals surface area contributed by atoms with Crippen molar-refractivity contribution in [3.05, 3.63) is 28.8 Å². The molecule has 0 fully saturated rings. The smallest absolute Gasteiger partial charge is 0.123 e. The number of benzene rings is 1. The Morgan fingerprint density at radius 2 is 1.33 bits per heavy atom. The maximum absolute atomic E-state index is 10.6. The Morgan fingerprint density at radius 1 is 0.952 bits per heavy atom. The van der Waals surface area contributed by atoms with Crippen LogP contribution in [0.2, 0.25) is 0 Å². The van der Waals surface area contributed by atoms with Gasteiger partial charge in [-0.2, -0.15) is 0 Å². The summed E-state index contributed by atoms with van der Waals surface area (Å²) in [6.07, 6.45) is 2.20. The molecule has 0 aliphatic carbocycles. The Labute approximate surface area is 130 Å². The summed E-state index contributed by atoms with van der Waals surface area (Å²) in [6, 6.07) is 4.07. The minimum absolute atomic E-state index is 0.110. The maximum atomic E-state index is 10.6. The highest BCUT2D eigenvalue weighted by Gasteiger charge is 2.26. The SMILES string of the molecule is CC.CC(C)(C)c1cc(CCC=O)cc(C(C)(C)C)c1O. The van der Waals surface area contributed by atoms with Gasteiger partial charge in [0.2, 0.25) is 0 Å². The van der Waals surface area contributed by atoms with E-state index in [1.165, 1.54) is 0 Å². The molecule has 0 bridgehead atoms. The number of hydrogen-bond acceptors (Lipinski definition) is 2. The predicted molar refractivity (Wildman–Crippen MR) is 91.2 cm³/mol. The van der Waals surface area contributed by atoms with Crippen molar-refractivity contribution in [3.8, 4) is 5.75 Å². The topological polar surface area (TPSA) is 37.3 Å². The van der Waals surface area contributed by atoms with Gasteiger partial charge in [0.1, 0.15) is 12.0 Å². The molecule has 2 heteroatoms. The normalized spacial score (nSPS) is 11.6. The van der Waals surface area contributed by atoms with E-state index in [4.69, 9.17) is 0 Å². The zero-order chi connectivity index (χ0) is 16.8. The Balaban J connectivity index is 0.00000191. The Bertz CT molecular complexity index is 424. The van der Waals surface area contributed by atoms with Gasteiger partial charge in [-0.3, -0.25) is 0 Å². The van der Waals surface area contributed by atoms with Crippen molar-refractivity contribution in [1.82, 2.24) is 0 Å². The number of phenolic OH excluding ortho intramolecular Hbond substituents is 1.